The third-order valence-corrected chi connectivity index (χ3v) is 4.79. The molecule has 1 aromatic rings. The van der Waals surface area contributed by atoms with E-state index in [-0.39, 0.29) is 0 Å². The minimum Gasteiger partial charge on any atom is -0.508 e. The van der Waals surface area contributed by atoms with Gasteiger partial charge in [-0.15, -0.1) is 0 Å². The molecule has 1 unspecified atom stereocenters. The molecule has 0 amide bonds. The van der Waals surface area contributed by atoms with Crippen LogP contribution in [0.15, 0.2) is 24.3 Å². The smallest absolute Gasteiger partial charge is 0.115 e. The Morgan fingerprint density at radius 2 is 1.86 bits per heavy atom. The second-order valence-electron chi connectivity index (χ2n) is 6.41. The van der Waals surface area contributed by atoms with Crippen LogP contribution in [0.3, 0.4) is 0 Å². The Hall–Kier alpha value is -1.10. The van der Waals surface area contributed by atoms with E-state index < -0.39 is 0 Å². The number of phenolic OH excluding ortho intramolecular Hbond substituents is 1. The lowest BCUT2D eigenvalue weighted by Crippen LogP contribution is -2.48. The minimum absolute atomic E-state index is 0.347. The molecular weight excluding hydrogens is 264 g/mol. The molecule has 2 heterocycles. The van der Waals surface area contributed by atoms with Crippen LogP contribution in [0, 0.1) is 0 Å². The Bertz CT molecular complexity index is 441. The molecule has 0 saturated carbocycles. The molecule has 0 aromatic heterocycles. The molecule has 0 aliphatic carbocycles. The van der Waals surface area contributed by atoms with Crippen LogP contribution < -0.4 is 0 Å². The van der Waals surface area contributed by atoms with Gasteiger partial charge in [-0.25, -0.2) is 0 Å². The average molecular weight is 290 g/mol. The molecule has 2 aliphatic rings. The number of nitrogens with zero attached hydrogens (tertiary/aromatic N) is 2. The second-order valence-corrected chi connectivity index (χ2v) is 6.41. The summed E-state index contributed by atoms with van der Waals surface area (Å²) in [5.74, 6) is 0.914. The number of phenols is 1. The molecule has 4 heteroatoms. The molecule has 0 radical (unpaired) electrons. The van der Waals surface area contributed by atoms with Crippen molar-refractivity contribution in [2.45, 2.75) is 24.9 Å². The molecule has 0 bridgehead atoms. The summed E-state index contributed by atoms with van der Waals surface area (Å²) in [6, 6.07) is 7.69. The van der Waals surface area contributed by atoms with Crippen LogP contribution in [0.2, 0.25) is 0 Å². The lowest BCUT2D eigenvalue weighted by atomic mass is 9.88. The number of hydrogen-bond acceptors (Lipinski definition) is 4. The highest BCUT2D eigenvalue weighted by atomic mass is 16.5. The minimum atomic E-state index is 0.347. The van der Waals surface area contributed by atoms with Gasteiger partial charge < -0.3 is 14.7 Å². The van der Waals surface area contributed by atoms with Gasteiger partial charge in [-0.05, 0) is 43.5 Å². The third-order valence-electron chi connectivity index (χ3n) is 4.79. The van der Waals surface area contributed by atoms with Crippen LogP contribution in [0.25, 0.3) is 0 Å². The van der Waals surface area contributed by atoms with E-state index in [0.717, 1.165) is 52.2 Å². The number of likely N-dealkylation sites (N-methyl/N-ethyl adjacent to an activating group) is 1. The second kappa shape index (κ2) is 6.77. The van der Waals surface area contributed by atoms with Gasteiger partial charge in [-0.2, -0.15) is 0 Å². The first-order valence-corrected chi connectivity index (χ1v) is 8.02. The Balaban J connectivity index is 1.54. The van der Waals surface area contributed by atoms with E-state index in [4.69, 9.17) is 4.74 Å². The van der Waals surface area contributed by atoms with E-state index in [1.54, 1.807) is 12.1 Å². The van der Waals surface area contributed by atoms with Crippen LogP contribution in [-0.2, 0) is 4.74 Å². The zero-order valence-electron chi connectivity index (χ0n) is 12.9. The molecular formula is C17H26N2O2. The summed E-state index contributed by atoms with van der Waals surface area (Å²) in [4.78, 5) is 4.92. The molecule has 1 N–H and O–H groups in total. The van der Waals surface area contributed by atoms with Gasteiger partial charge in [0.25, 0.3) is 0 Å². The lowest BCUT2D eigenvalue weighted by molar-refractivity contribution is -0.0201. The summed E-state index contributed by atoms with van der Waals surface area (Å²) >= 11 is 0. The zero-order chi connectivity index (χ0) is 14.7. The predicted molar refractivity (Wildman–Crippen MR) is 83.8 cm³/mol. The molecule has 2 atom stereocenters. The number of hydrogen-bond donors (Lipinski definition) is 1. The van der Waals surface area contributed by atoms with Crippen LogP contribution in [-0.4, -0.2) is 67.4 Å². The molecule has 3 rings (SSSR count). The molecule has 4 nitrogen and oxygen atoms in total. The summed E-state index contributed by atoms with van der Waals surface area (Å²) < 4.78 is 5.98. The third kappa shape index (κ3) is 3.96. The Kier molecular flexibility index (Phi) is 4.78. The van der Waals surface area contributed by atoms with Crippen molar-refractivity contribution >= 4 is 0 Å². The van der Waals surface area contributed by atoms with E-state index in [1.807, 2.05) is 0 Å². The largest absolute Gasteiger partial charge is 0.508 e. The van der Waals surface area contributed by atoms with Gasteiger partial charge in [0.2, 0.25) is 0 Å². The number of benzene rings is 1. The van der Waals surface area contributed by atoms with Gasteiger partial charge in [-0.1, -0.05) is 12.1 Å². The zero-order valence-corrected chi connectivity index (χ0v) is 12.9. The van der Waals surface area contributed by atoms with E-state index in [9.17, 15) is 5.11 Å². The molecule has 116 valence electrons. The molecule has 2 aliphatic heterocycles. The van der Waals surface area contributed by atoms with E-state index >= 15 is 0 Å². The van der Waals surface area contributed by atoms with Gasteiger partial charge in [0.15, 0.2) is 0 Å². The first kappa shape index (κ1) is 14.8. The van der Waals surface area contributed by atoms with Gasteiger partial charge in [0.1, 0.15) is 5.75 Å². The van der Waals surface area contributed by atoms with Crippen molar-refractivity contribution in [3.63, 3.8) is 0 Å². The summed E-state index contributed by atoms with van der Waals surface area (Å²) in [6.07, 6.45) is 2.53. The summed E-state index contributed by atoms with van der Waals surface area (Å²) in [5, 5.41) is 9.41. The van der Waals surface area contributed by atoms with Gasteiger partial charge >= 0.3 is 0 Å². The topological polar surface area (TPSA) is 35.9 Å². The van der Waals surface area contributed by atoms with Gasteiger partial charge in [0.05, 0.1) is 6.10 Å². The van der Waals surface area contributed by atoms with Crippen molar-refractivity contribution in [3.8, 4) is 5.75 Å². The van der Waals surface area contributed by atoms with Crippen molar-refractivity contribution in [2.24, 2.45) is 0 Å². The van der Waals surface area contributed by atoms with E-state index in [0.29, 0.717) is 17.8 Å². The number of rotatable bonds is 3. The predicted octanol–water partition coefficient (Wildman–Crippen LogP) is 1.90. The SMILES string of the molecule is CN1CCN(CC2C[C@H](c3ccc(O)cc3)CCO2)CC1. The fraction of sp³-hybridized carbons (Fsp3) is 0.647. The molecule has 1 aromatic carbocycles. The first-order valence-electron chi connectivity index (χ1n) is 8.02. The van der Waals surface area contributed by atoms with Gasteiger partial charge in [0, 0.05) is 39.3 Å². The quantitative estimate of drug-likeness (QED) is 0.922. The highest BCUT2D eigenvalue weighted by Gasteiger charge is 2.26. The summed E-state index contributed by atoms with van der Waals surface area (Å²) in [7, 11) is 2.19. The molecule has 0 spiro atoms. The van der Waals surface area contributed by atoms with Crippen molar-refractivity contribution in [3.05, 3.63) is 29.8 Å². The number of aromatic hydroxyl groups is 1. The Morgan fingerprint density at radius 3 is 2.57 bits per heavy atom. The molecule has 2 saturated heterocycles. The van der Waals surface area contributed by atoms with Crippen molar-refractivity contribution < 1.29 is 9.84 Å². The Morgan fingerprint density at radius 1 is 1.14 bits per heavy atom. The van der Waals surface area contributed by atoms with Crippen LogP contribution >= 0.6 is 0 Å². The van der Waals surface area contributed by atoms with E-state index in [2.05, 4.69) is 29.0 Å². The highest BCUT2D eigenvalue weighted by molar-refractivity contribution is 5.28. The number of piperazine rings is 1. The highest BCUT2D eigenvalue weighted by Crippen LogP contribution is 2.31. The van der Waals surface area contributed by atoms with E-state index in [1.165, 1.54) is 5.56 Å². The summed E-state index contributed by atoms with van der Waals surface area (Å²) in [6.45, 7) is 6.54. The molecule has 2 fully saturated rings. The number of ether oxygens (including phenoxy) is 1. The van der Waals surface area contributed by atoms with Gasteiger partial charge in [-0.3, -0.25) is 4.90 Å². The standard InChI is InChI=1S/C17H26N2O2/c1-18-7-9-19(10-8-18)13-17-12-15(6-11-21-17)14-2-4-16(20)5-3-14/h2-5,15,17,20H,6-13H2,1H3/t15-,17?/m1/s1. The maximum absolute atomic E-state index is 9.41. The first-order chi connectivity index (χ1) is 10.2. The Labute approximate surface area is 127 Å². The van der Waals surface area contributed by atoms with Crippen LogP contribution in [0.4, 0.5) is 0 Å². The lowest BCUT2D eigenvalue weighted by Gasteiger charge is -2.37. The van der Waals surface area contributed by atoms with Crippen molar-refractivity contribution in [1.82, 2.24) is 9.80 Å². The van der Waals surface area contributed by atoms with Crippen LogP contribution in [0.1, 0.15) is 24.3 Å². The maximum atomic E-state index is 9.41. The van der Waals surface area contributed by atoms with Crippen LogP contribution in [0.5, 0.6) is 5.75 Å². The van der Waals surface area contributed by atoms with Crippen molar-refractivity contribution in [1.29, 1.82) is 0 Å². The fourth-order valence-electron chi connectivity index (χ4n) is 3.38. The fourth-order valence-corrected chi connectivity index (χ4v) is 3.38. The normalized spacial score (nSPS) is 28.6. The van der Waals surface area contributed by atoms with Crippen molar-refractivity contribution in [2.75, 3.05) is 46.4 Å². The summed E-state index contributed by atoms with van der Waals surface area (Å²) in [5.41, 5.74) is 1.33. The maximum Gasteiger partial charge on any atom is 0.115 e. The monoisotopic (exact) mass is 290 g/mol. The molecule has 21 heavy (non-hydrogen) atoms. The average Bonchev–Trinajstić information content (AvgIpc) is 2.51.